The SMILES string of the molecule is Cc1c(N)cccc1C(=O)c1c(F)ccc(Br)c1F. The van der Waals surface area contributed by atoms with E-state index in [-0.39, 0.29) is 10.0 Å². The third-order valence-corrected chi connectivity index (χ3v) is 3.50. The zero-order valence-corrected chi connectivity index (χ0v) is 11.6. The summed E-state index contributed by atoms with van der Waals surface area (Å²) in [6, 6.07) is 6.95. The maximum atomic E-state index is 13.9. The molecular weight excluding hydrogens is 316 g/mol. The lowest BCUT2D eigenvalue weighted by molar-refractivity contribution is 0.103. The Hall–Kier alpha value is -1.75. The maximum Gasteiger partial charge on any atom is 0.199 e. The van der Waals surface area contributed by atoms with E-state index in [1.807, 2.05) is 0 Å². The van der Waals surface area contributed by atoms with E-state index in [9.17, 15) is 13.6 Å². The summed E-state index contributed by atoms with van der Waals surface area (Å²) < 4.78 is 27.6. The molecule has 2 rings (SSSR count). The lowest BCUT2D eigenvalue weighted by Crippen LogP contribution is -2.10. The van der Waals surface area contributed by atoms with Gasteiger partial charge in [-0.15, -0.1) is 0 Å². The van der Waals surface area contributed by atoms with Gasteiger partial charge in [-0.05, 0) is 46.6 Å². The molecule has 2 aromatic rings. The standard InChI is InChI=1S/C14H10BrF2NO/c1-7-8(3-2-4-11(7)18)14(19)12-10(16)6-5-9(15)13(12)17/h2-6H,18H2,1H3. The van der Waals surface area contributed by atoms with Gasteiger partial charge in [0, 0.05) is 11.3 Å². The number of rotatable bonds is 2. The smallest absolute Gasteiger partial charge is 0.199 e. The van der Waals surface area contributed by atoms with Crippen LogP contribution in [0.3, 0.4) is 0 Å². The van der Waals surface area contributed by atoms with Crippen molar-refractivity contribution in [1.82, 2.24) is 0 Å². The number of hydrogen-bond acceptors (Lipinski definition) is 2. The zero-order valence-electron chi connectivity index (χ0n) is 10.0. The molecule has 98 valence electrons. The Morgan fingerprint density at radius 1 is 1.21 bits per heavy atom. The lowest BCUT2D eigenvalue weighted by atomic mass is 9.97. The van der Waals surface area contributed by atoms with E-state index in [0.29, 0.717) is 11.3 Å². The molecule has 0 aliphatic carbocycles. The number of carbonyl (C=O) groups excluding carboxylic acids is 1. The van der Waals surface area contributed by atoms with Gasteiger partial charge in [-0.2, -0.15) is 0 Å². The summed E-state index contributed by atoms with van der Waals surface area (Å²) in [7, 11) is 0. The summed E-state index contributed by atoms with van der Waals surface area (Å²) in [6.07, 6.45) is 0. The van der Waals surface area contributed by atoms with Crippen LogP contribution in [-0.2, 0) is 0 Å². The van der Waals surface area contributed by atoms with Gasteiger partial charge < -0.3 is 5.73 Å². The van der Waals surface area contributed by atoms with Crippen LogP contribution in [0.1, 0.15) is 21.5 Å². The molecule has 0 aliphatic heterocycles. The van der Waals surface area contributed by atoms with Crippen molar-refractivity contribution < 1.29 is 13.6 Å². The van der Waals surface area contributed by atoms with Crippen LogP contribution in [0.5, 0.6) is 0 Å². The van der Waals surface area contributed by atoms with Crippen LogP contribution in [0.4, 0.5) is 14.5 Å². The van der Waals surface area contributed by atoms with E-state index < -0.39 is 23.0 Å². The average Bonchev–Trinajstić information content (AvgIpc) is 2.37. The van der Waals surface area contributed by atoms with E-state index in [1.165, 1.54) is 12.1 Å². The third-order valence-electron chi connectivity index (χ3n) is 2.89. The van der Waals surface area contributed by atoms with Gasteiger partial charge in [-0.25, -0.2) is 8.78 Å². The van der Waals surface area contributed by atoms with Crippen molar-refractivity contribution >= 4 is 27.4 Å². The summed E-state index contributed by atoms with van der Waals surface area (Å²) in [5.41, 5.74) is 6.21. The largest absolute Gasteiger partial charge is 0.398 e. The molecular formula is C14H10BrF2NO. The van der Waals surface area contributed by atoms with Crippen molar-refractivity contribution in [3.63, 3.8) is 0 Å². The minimum Gasteiger partial charge on any atom is -0.398 e. The van der Waals surface area contributed by atoms with E-state index >= 15 is 0 Å². The highest BCUT2D eigenvalue weighted by Gasteiger charge is 2.22. The van der Waals surface area contributed by atoms with Gasteiger partial charge in [0.2, 0.25) is 0 Å². The average molecular weight is 326 g/mol. The number of nitrogen functional groups attached to an aromatic ring is 1. The molecule has 0 unspecified atom stereocenters. The summed E-state index contributed by atoms with van der Waals surface area (Å²) in [5, 5.41) is 0. The Morgan fingerprint density at radius 3 is 2.58 bits per heavy atom. The van der Waals surface area contributed by atoms with Crippen molar-refractivity contribution in [3.8, 4) is 0 Å². The lowest BCUT2D eigenvalue weighted by Gasteiger charge is -2.09. The number of halogens is 3. The van der Waals surface area contributed by atoms with Crippen molar-refractivity contribution in [1.29, 1.82) is 0 Å². The molecule has 0 aliphatic rings. The van der Waals surface area contributed by atoms with Gasteiger partial charge in [0.05, 0.1) is 10.0 Å². The van der Waals surface area contributed by atoms with Crippen LogP contribution in [0.15, 0.2) is 34.8 Å². The van der Waals surface area contributed by atoms with E-state index in [2.05, 4.69) is 15.9 Å². The molecule has 0 aromatic heterocycles. The molecule has 0 bridgehead atoms. The Balaban J connectivity index is 2.63. The highest BCUT2D eigenvalue weighted by molar-refractivity contribution is 9.10. The number of benzene rings is 2. The predicted octanol–water partition coefficient (Wildman–Crippen LogP) is 3.85. The molecule has 0 amide bonds. The highest BCUT2D eigenvalue weighted by atomic mass is 79.9. The molecule has 0 saturated heterocycles. The molecule has 2 aromatic carbocycles. The first-order valence-electron chi connectivity index (χ1n) is 5.46. The first-order chi connectivity index (χ1) is 8.93. The monoisotopic (exact) mass is 325 g/mol. The summed E-state index contributed by atoms with van der Waals surface area (Å²) in [4.78, 5) is 12.3. The topological polar surface area (TPSA) is 43.1 Å². The zero-order chi connectivity index (χ0) is 14.2. The molecule has 19 heavy (non-hydrogen) atoms. The van der Waals surface area contributed by atoms with Crippen LogP contribution < -0.4 is 5.73 Å². The quantitative estimate of drug-likeness (QED) is 0.517. The summed E-state index contributed by atoms with van der Waals surface area (Å²) in [5.74, 6) is -2.53. The van der Waals surface area contributed by atoms with Crippen molar-refractivity contribution in [3.05, 3.63) is 63.1 Å². The number of anilines is 1. The minimum atomic E-state index is -0.910. The predicted molar refractivity (Wildman–Crippen MR) is 73.1 cm³/mol. The molecule has 2 N–H and O–H groups in total. The van der Waals surface area contributed by atoms with Crippen LogP contribution in [-0.4, -0.2) is 5.78 Å². The fraction of sp³-hybridized carbons (Fsp3) is 0.0714. The number of carbonyl (C=O) groups is 1. The third kappa shape index (κ3) is 2.38. The van der Waals surface area contributed by atoms with Gasteiger partial charge in [-0.3, -0.25) is 4.79 Å². The molecule has 0 heterocycles. The second kappa shape index (κ2) is 5.09. The second-order valence-electron chi connectivity index (χ2n) is 4.07. The fourth-order valence-electron chi connectivity index (χ4n) is 1.77. The molecule has 0 radical (unpaired) electrons. The van der Waals surface area contributed by atoms with E-state index in [4.69, 9.17) is 5.73 Å². The number of ketones is 1. The van der Waals surface area contributed by atoms with Crippen LogP contribution >= 0.6 is 15.9 Å². The van der Waals surface area contributed by atoms with Crippen LogP contribution in [0.25, 0.3) is 0 Å². The Bertz CT molecular complexity index is 671. The van der Waals surface area contributed by atoms with Gasteiger partial charge in [-0.1, -0.05) is 12.1 Å². The van der Waals surface area contributed by atoms with Gasteiger partial charge in [0.25, 0.3) is 0 Å². The Kier molecular flexibility index (Phi) is 3.66. The van der Waals surface area contributed by atoms with Crippen molar-refractivity contribution in [2.45, 2.75) is 6.92 Å². The van der Waals surface area contributed by atoms with E-state index in [0.717, 1.165) is 6.07 Å². The van der Waals surface area contributed by atoms with Crippen molar-refractivity contribution in [2.24, 2.45) is 0 Å². The molecule has 0 spiro atoms. The summed E-state index contributed by atoms with van der Waals surface area (Å²) >= 11 is 2.94. The second-order valence-corrected chi connectivity index (χ2v) is 4.92. The molecule has 0 fully saturated rings. The number of nitrogens with two attached hydrogens (primary N) is 1. The Labute approximate surface area is 117 Å². The van der Waals surface area contributed by atoms with Crippen LogP contribution in [0, 0.1) is 18.6 Å². The fourth-order valence-corrected chi connectivity index (χ4v) is 2.10. The molecule has 2 nitrogen and oxygen atoms in total. The van der Waals surface area contributed by atoms with Crippen molar-refractivity contribution in [2.75, 3.05) is 5.73 Å². The van der Waals surface area contributed by atoms with Gasteiger partial charge in [0.1, 0.15) is 5.82 Å². The minimum absolute atomic E-state index is 0.0406. The highest BCUT2D eigenvalue weighted by Crippen LogP contribution is 2.26. The number of hydrogen-bond donors (Lipinski definition) is 1. The first-order valence-corrected chi connectivity index (χ1v) is 6.26. The maximum absolute atomic E-state index is 13.9. The first kappa shape index (κ1) is 13.7. The summed E-state index contributed by atoms with van der Waals surface area (Å²) in [6.45, 7) is 1.64. The molecule has 5 heteroatoms. The van der Waals surface area contributed by atoms with Gasteiger partial charge in [0.15, 0.2) is 11.6 Å². The molecule has 0 atom stereocenters. The molecule has 0 saturated carbocycles. The Morgan fingerprint density at radius 2 is 1.89 bits per heavy atom. The van der Waals surface area contributed by atoms with Crippen LogP contribution in [0.2, 0.25) is 0 Å². The van der Waals surface area contributed by atoms with Gasteiger partial charge >= 0.3 is 0 Å². The normalized spacial score (nSPS) is 10.5. The van der Waals surface area contributed by atoms with E-state index in [1.54, 1.807) is 19.1 Å².